The average molecular weight is 315 g/mol. The van der Waals surface area contributed by atoms with Gasteiger partial charge in [0.25, 0.3) is 0 Å². The number of rotatable bonds is 4. The summed E-state index contributed by atoms with van der Waals surface area (Å²) < 4.78 is 10.7. The zero-order chi connectivity index (χ0) is 15.6. The van der Waals surface area contributed by atoms with Gasteiger partial charge in [0.15, 0.2) is 0 Å². The Balaban J connectivity index is 2.20. The molecule has 0 unspecified atom stereocenters. The third-order valence-electron chi connectivity index (χ3n) is 3.24. The molecule has 1 aliphatic rings. The molecule has 5 atom stereocenters. The zero-order valence-electron chi connectivity index (χ0n) is 11.0. The van der Waals surface area contributed by atoms with Gasteiger partial charge < -0.3 is 35.6 Å². The van der Waals surface area contributed by atoms with Crippen LogP contribution >= 0.6 is 12.2 Å². The Kier molecular flexibility index (Phi) is 5.09. The summed E-state index contributed by atoms with van der Waals surface area (Å²) in [5.41, 5.74) is 6.02. The minimum absolute atomic E-state index is 0.107. The Morgan fingerprint density at radius 1 is 1.19 bits per heavy atom. The predicted molar refractivity (Wildman–Crippen MR) is 76.7 cm³/mol. The van der Waals surface area contributed by atoms with E-state index in [1.54, 1.807) is 24.3 Å². The highest BCUT2D eigenvalue weighted by Gasteiger charge is 2.44. The lowest BCUT2D eigenvalue weighted by Crippen LogP contribution is -2.60. The minimum atomic E-state index is -1.50. The molecule has 8 heteroatoms. The number of nitrogens with two attached hydrogens (primary N) is 1. The van der Waals surface area contributed by atoms with E-state index >= 15 is 0 Å². The summed E-state index contributed by atoms with van der Waals surface area (Å²) in [6.07, 6.45) is -6.72. The van der Waals surface area contributed by atoms with Gasteiger partial charge in [0, 0.05) is 0 Å². The number of para-hydroxylation sites is 1. The molecule has 116 valence electrons. The van der Waals surface area contributed by atoms with Crippen molar-refractivity contribution in [3.05, 3.63) is 29.8 Å². The molecule has 0 amide bonds. The van der Waals surface area contributed by atoms with Crippen LogP contribution in [-0.2, 0) is 4.74 Å². The molecule has 0 spiro atoms. The highest BCUT2D eigenvalue weighted by Crippen LogP contribution is 2.26. The smallest absolute Gasteiger partial charge is 0.229 e. The highest BCUT2D eigenvalue weighted by molar-refractivity contribution is 7.80. The van der Waals surface area contributed by atoms with Crippen molar-refractivity contribution in [3.63, 3.8) is 0 Å². The molecule has 0 radical (unpaired) electrons. The average Bonchev–Trinajstić information content (AvgIpc) is 2.48. The van der Waals surface area contributed by atoms with Crippen molar-refractivity contribution in [3.8, 4) is 5.75 Å². The van der Waals surface area contributed by atoms with Gasteiger partial charge in [-0.25, -0.2) is 0 Å². The Bertz CT molecular complexity index is 511. The highest BCUT2D eigenvalue weighted by atomic mass is 32.1. The van der Waals surface area contributed by atoms with Crippen LogP contribution < -0.4 is 10.5 Å². The summed E-state index contributed by atoms with van der Waals surface area (Å²) in [5.74, 6) is 0.273. The van der Waals surface area contributed by atoms with Crippen molar-refractivity contribution in [1.82, 2.24) is 0 Å². The van der Waals surface area contributed by atoms with E-state index in [9.17, 15) is 15.3 Å². The molecule has 0 saturated carbocycles. The summed E-state index contributed by atoms with van der Waals surface area (Å²) in [6.45, 7) is -0.526. The maximum Gasteiger partial charge on any atom is 0.229 e. The molecule has 1 aromatic carbocycles. The second-order valence-electron chi connectivity index (χ2n) is 4.68. The van der Waals surface area contributed by atoms with Crippen molar-refractivity contribution in [2.75, 3.05) is 6.61 Å². The zero-order valence-corrected chi connectivity index (χ0v) is 11.8. The largest absolute Gasteiger partial charge is 0.461 e. The lowest BCUT2D eigenvalue weighted by Gasteiger charge is -2.39. The molecule has 2 rings (SSSR count). The first-order chi connectivity index (χ1) is 9.95. The van der Waals surface area contributed by atoms with Crippen molar-refractivity contribution in [2.45, 2.75) is 30.7 Å². The van der Waals surface area contributed by atoms with Crippen LogP contribution in [0.2, 0.25) is 0 Å². The van der Waals surface area contributed by atoms with Crippen LogP contribution in [0.1, 0.15) is 5.56 Å². The molecule has 1 aromatic rings. The fraction of sp³-hybridized carbons (Fsp3) is 0.462. The van der Waals surface area contributed by atoms with Gasteiger partial charge in [0.1, 0.15) is 35.2 Å². The van der Waals surface area contributed by atoms with Gasteiger partial charge in [-0.05, 0) is 12.1 Å². The van der Waals surface area contributed by atoms with E-state index in [1.807, 2.05) is 0 Å². The van der Waals surface area contributed by atoms with Crippen LogP contribution in [0.3, 0.4) is 0 Å². The van der Waals surface area contributed by atoms with Gasteiger partial charge in [-0.15, -0.1) is 0 Å². The van der Waals surface area contributed by atoms with Crippen molar-refractivity contribution in [1.29, 1.82) is 0 Å². The Morgan fingerprint density at radius 2 is 1.86 bits per heavy atom. The van der Waals surface area contributed by atoms with Crippen LogP contribution in [0.4, 0.5) is 0 Å². The summed E-state index contributed by atoms with van der Waals surface area (Å²) in [7, 11) is 0. The van der Waals surface area contributed by atoms with E-state index in [2.05, 4.69) is 0 Å². The lowest BCUT2D eigenvalue weighted by atomic mass is 9.99. The molecule has 1 heterocycles. The number of hydrogen-bond acceptors (Lipinski definition) is 7. The second kappa shape index (κ2) is 6.65. The monoisotopic (exact) mass is 315 g/mol. The van der Waals surface area contributed by atoms with E-state index in [-0.39, 0.29) is 10.7 Å². The standard InChI is InChI=1S/C13H17NO6S/c14-12(21)6-3-1-2-4-7(6)19-13-11(18)10(17)9(16)8(5-15)20-13/h1-4,8-11,13,15-18H,5H2,(H2,14,21)/t8-,9+,10+,11-,13+/m1/s1. The number of thiocarbonyl (C=S) groups is 1. The first-order valence-corrected chi connectivity index (χ1v) is 6.72. The van der Waals surface area contributed by atoms with Gasteiger partial charge in [-0.3, -0.25) is 0 Å². The van der Waals surface area contributed by atoms with Gasteiger partial charge in [-0.1, -0.05) is 24.4 Å². The number of aliphatic hydroxyl groups excluding tert-OH is 4. The number of aliphatic hydroxyl groups is 4. The van der Waals surface area contributed by atoms with Crippen molar-refractivity contribution < 1.29 is 29.9 Å². The number of benzene rings is 1. The van der Waals surface area contributed by atoms with E-state index in [0.29, 0.717) is 5.56 Å². The SMILES string of the molecule is NC(=S)c1ccccc1O[C@H]1O[C@H](CO)[C@H](O)[C@H](O)[C@H]1O. The fourth-order valence-corrected chi connectivity index (χ4v) is 2.23. The van der Waals surface area contributed by atoms with Crippen molar-refractivity contribution in [2.24, 2.45) is 5.73 Å². The van der Waals surface area contributed by atoms with E-state index in [0.717, 1.165) is 0 Å². The first kappa shape index (κ1) is 16.1. The molecule has 0 aromatic heterocycles. The summed E-state index contributed by atoms with van der Waals surface area (Å²) in [6, 6.07) is 6.62. The van der Waals surface area contributed by atoms with E-state index < -0.39 is 37.3 Å². The summed E-state index contributed by atoms with van der Waals surface area (Å²) >= 11 is 4.90. The van der Waals surface area contributed by atoms with Gasteiger partial charge in [-0.2, -0.15) is 0 Å². The molecule has 7 nitrogen and oxygen atoms in total. The van der Waals surface area contributed by atoms with Gasteiger partial charge >= 0.3 is 0 Å². The van der Waals surface area contributed by atoms with Crippen molar-refractivity contribution >= 4 is 17.2 Å². The Morgan fingerprint density at radius 3 is 2.48 bits per heavy atom. The summed E-state index contributed by atoms with van der Waals surface area (Å²) in [4.78, 5) is 0.107. The topological polar surface area (TPSA) is 125 Å². The van der Waals surface area contributed by atoms with Crippen LogP contribution in [0.15, 0.2) is 24.3 Å². The second-order valence-corrected chi connectivity index (χ2v) is 5.12. The lowest BCUT2D eigenvalue weighted by molar-refractivity contribution is -0.277. The molecule has 6 N–H and O–H groups in total. The minimum Gasteiger partial charge on any atom is -0.461 e. The van der Waals surface area contributed by atoms with Crippen LogP contribution in [-0.4, -0.2) is 62.7 Å². The first-order valence-electron chi connectivity index (χ1n) is 6.31. The van der Waals surface area contributed by atoms with Gasteiger partial charge in [0.2, 0.25) is 6.29 Å². The third-order valence-corrected chi connectivity index (χ3v) is 3.46. The molecule has 0 aliphatic carbocycles. The molecule has 1 saturated heterocycles. The maximum atomic E-state index is 9.91. The Hall–Kier alpha value is -1.29. The van der Waals surface area contributed by atoms with Crippen LogP contribution in [0, 0.1) is 0 Å². The predicted octanol–water partition coefficient (Wildman–Crippen LogP) is -1.50. The Labute approximate surface area is 126 Å². The summed E-state index contributed by atoms with van der Waals surface area (Å²) in [5, 5.41) is 38.4. The van der Waals surface area contributed by atoms with E-state index in [4.69, 9.17) is 32.5 Å². The number of hydrogen-bond donors (Lipinski definition) is 5. The molecule has 21 heavy (non-hydrogen) atoms. The molecular formula is C13H17NO6S. The van der Waals surface area contributed by atoms with Gasteiger partial charge in [0.05, 0.1) is 12.2 Å². The third kappa shape index (κ3) is 3.31. The molecule has 1 aliphatic heterocycles. The molecule has 0 bridgehead atoms. The van der Waals surface area contributed by atoms with Crippen LogP contribution in [0.25, 0.3) is 0 Å². The maximum absolute atomic E-state index is 9.91. The normalized spacial score (nSPS) is 32.7. The quantitative estimate of drug-likeness (QED) is 0.425. The molecule has 1 fully saturated rings. The fourth-order valence-electron chi connectivity index (χ4n) is 2.06. The molecular weight excluding hydrogens is 298 g/mol. The van der Waals surface area contributed by atoms with Crippen LogP contribution in [0.5, 0.6) is 5.75 Å². The number of ether oxygens (including phenoxy) is 2. The van der Waals surface area contributed by atoms with E-state index in [1.165, 1.54) is 0 Å².